The highest BCUT2D eigenvalue weighted by atomic mass is 31.2. The summed E-state index contributed by atoms with van der Waals surface area (Å²) < 4.78 is 68.5. The normalized spacial score (nSPS) is 14.4. The number of hydrogen-bond donors (Lipinski definition) is 3. The van der Waals surface area contributed by atoms with Gasteiger partial charge in [-0.2, -0.15) is 0 Å². The van der Waals surface area contributed by atoms with Gasteiger partial charge in [0.1, 0.15) is 19.3 Å². The van der Waals surface area contributed by atoms with Crippen LogP contribution in [0.15, 0.2) is 0 Å². The quantitative estimate of drug-likeness (QED) is 0.0222. The number of esters is 4. The molecule has 0 aliphatic rings. The van der Waals surface area contributed by atoms with Crippen molar-refractivity contribution in [3.8, 4) is 0 Å². The first kappa shape index (κ1) is 91.1. The Kier molecular flexibility index (Phi) is 63.4. The van der Waals surface area contributed by atoms with Crippen molar-refractivity contribution >= 4 is 39.5 Å². The topological polar surface area (TPSA) is 237 Å². The minimum absolute atomic E-state index is 0.106. The van der Waals surface area contributed by atoms with Gasteiger partial charge in [-0.05, 0) is 43.4 Å². The summed E-state index contributed by atoms with van der Waals surface area (Å²) in [5.74, 6) is 0.219. The number of hydrogen-bond acceptors (Lipinski definition) is 15. The highest BCUT2D eigenvalue weighted by Crippen LogP contribution is 2.45. The third-order valence-electron chi connectivity index (χ3n) is 17.5. The van der Waals surface area contributed by atoms with Crippen LogP contribution in [0.2, 0.25) is 0 Å². The standard InChI is InChI=1S/C74H144O17P2/c1-8-10-11-12-13-14-17-27-34-41-48-55-71(76)84-61-70(91-74(79)58-51-44-37-30-22-20-25-32-39-46-53-66(5)6)64-89-93(82,83)87-60-68(75)59-86-92(80,81)88-63-69(62-85-72(77)56-49-42-35-28-23-21-26-33-40-47-54-67(7)9-2)90-73(78)57-50-43-36-29-19-16-15-18-24-31-38-45-52-65(3)4/h65-70,75H,8-64H2,1-7H3,(H,80,81)(H,82,83)/t67?,68-,69-,70-/m1/s1. The van der Waals surface area contributed by atoms with Crippen LogP contribution in [-0.4, -0.2) is 96.7 Å². The van der Waals surface area contributed by atoms with Crippen molar-refractivity contribution in [2.24, 2.45) is 17.8 Å². The first-order chi connectivity index (χ1) is 44.8. The zero-order valence-corrected chi connectivity index (χ0v) is 62.5. The Morgan fingerprint density at radius 3 is 0.817 bits per heavy atom. The molecular weight excluding hydrogens is 1220 g/mol. The number of unbranched alkanes of at least 4 members (excludes halogenated alkanes) is 39. The van der Waals surface area contributed by atoms with Crippen LogP contribution in [0.4, 0.5) is 0 Å². The van der Waals surface area contributed by atoms with Crippen LogP contribution < -0.4 is 0 Å². The predicted molar refractivity (Wildman–Crippen MR) is 377 cm³/mol. The van der Waals surface area contributed by atoms with Crippen LogP contribution in [0, 0.1) is 17.8 Å². The third kappa shape index (κ3) is 67.0. The second kappa shape index (κ2) is 64.7. The molecule has 0 saturated heterocycles. The van der Waals surface area contributed by atoms with Gasteiger partial charge in [-0.3, -0.25) is 37.3 Å². The molecule has 0 spiro atoms. The number of phosphoric ester groups is 2. The van der Waals surface area contributed by atoms with E-state index in [2.05, 4.69) is 48.5 Å². The highest BCUT2D eigenvalue weighted by molar-refractivity contribution is 7.47. The molecule has 3 N–H and O–H groups in total. The van der Waals surface area contributed by atoms with E-state index in [0.29, 0.717) is 25.7 Å². The number of aliphatic hydroxyl groups excluding tert-OH is 1. The number of phosphoric acid groups is 2. The lowest BCUT2D eigenvalue weighted by atomic mass is 9.99. The summed E-state index contributed by atoms with van der Waals surface area (Å²) in [5.41, 5.74) is 0. The second-order valence-corrected chi connectivity index (χ2v) is 30.8. The van der Waals surface area contributed by atoms with Crippen LogP contribution in [-0.2, 0) is 65.4 Å². The summed E-state index contributed by atoms with van der Waals surface area (Å²) >= 11 is 0. The fraction of sp³-hybridized carbons (Fsp3) is 0.946. The lowest BCUT2D eigenvalue weighted by Gasteiger charge is -2.21. The fourth-order valence-electron chi connectivity index (χ4n) is 11.2. The number of ether oxygens (including phenoxy) is 4. The van der Waals surface area contributed by atoms with Crippen molar-refractivity contribution in [1.82, 2.24) is 0 Å². The van der Waals surface area contributed by atoms with Crippen molar-refractivity contribution in [2.45, 2.75) is 394 Å². The molecule has 0 aliphatic heterocycles. The van der Waals surface area contributed by atoms with Crippen molar-refractivity contribution in [1.29, 1.82) is 0 Å². The maximum absolute atomic E-state index is 13.1. The van der Waals surface area contributed by atoms with Gasteiger partial charge in [0.2, 0.25) is 0 Å². The first-order valence-corrected chi connectivity index (χ1v) is 41.4. The van der Waals surface area contributed by atoms with Crippen molar-refractivity contribution < 1.29 is 80.2 Å². The van der Waals surface area contributed by atoms with E-state index in [0.717, 1.165) is 108 Å². The molecule has 0 rings (SSSR count). The van der Waals surface area contributed by atoms with Crippen molar-refractivity contribution in [3.63, 3.8) is 0 Å². The maximum atomic E-state index is 13.1. The molecule has 0 aliphatic carbocycles. The van der Waals surface area contributed by atoms with E-state index in [-0.39, 0.29) is 25.7 Å². The SMILES string of the molecule is CCCCCCCCCCCCCC(=O)OC[C@H](COP(=O)(O)OC[C@H](O)COP(=O)(O)OC[C@@H](COC(=O)CCCCCCCCCCCCC(C)CC)OC(=O)CCCCCCCCCCCCCCC(C)C)OC(=O)CCCCCCCCCCCCC(C)C. The van der Waals surface area contributed by atoms with Crippen molar-refractivity contribution in [3.05, 3.63) is 0 Å². The van der Waals surface area contributed by atoms with Gasteiger partial charge in [0.15, 0.2) is 12.2 Å². The van der Waals surface area contributed by atoms with Gasteiger partial charge in [-0.1, -0.05) is 325 Å². The summed E-state index contributed by atoms with van der Waals surface area (Å²) in [6.45, 7) is 11.9. The third-order valence-corrected chi connectivity index (χ3v) is 19.4. The van der Waals surface area contributed by atoms with Gasteiger partial charge in [0.05, 0.1) is 26.4 Å². The summed E-state index contributed by atoms with van der Waals surface area (Å²) in [6, 6.07) is 0. The predicted octanol–water partition coefficient (Wildman–Crippen LogP) is 21.4. The van der Waals surface area contributed by atoms with Crippen LogP contribution in [0.1, 0.15) is 376 Å². The molecule has 6 atom stereocenters. The highest BCUT2D eigenvalue weighted by Gasteiger charge is 2.30. The molecule has 0 radical (unpaired) electrons. The van der Waals surface area contributed by atoms with Gasteiger partial charge < -0.3 is 33.8 Å². The smallest absolute Gasteiger partial charge is 0.462 e. The summed E-state index contributed by atoms with van der Waals surface area (Å²) in [6.07, 6.45) is 49.7. The van der Waals surface area contributed by atoms with Crippen LogP contribution in [0.25, 0.3) is 0 Å². The molecule has 0 amide bonds. The number of carbonyl (C=O) groups is 4. The van der Waals surface area contributed by atoms with Crippen LogP contribution >= 0.6 is 15.6 Å². The van der Waals surface area contributed by atoms with Crippen molar-refractivity contribution in [2.75, 3.05) is 39.6 Å². The van der Waals surface area contributed by atoms with E-state index in [4.69, 9.17) is 37.0 Å². The molecular formula is C74H144O17P2. The molecule has 0 fully saturated rings. The molecule has 0 saturated carbocycles. The van der Waals surface area contributed by atoms with Gasteiger partial charge in [0.25, 0.3) is 0 Å². The molecule has 17 nitrogen and oxygen atoms in total. The van der Waals surface area contributed by atoms with E-state index in [9.17, 15) is 43.2 Å². The fourth-order valence-corrected chi connectivity index (χ4v) is 12.8. The average Bonchev–Trinajstić information content (AvgIpc) is 1.93. The Balaban J connectivity index is 5.27. The first-order valence-electron chi connectivity index (χ1n) is 38.4. The monoisotopic (exact) mass is 1370 g/mol. The lowest BCUT2D eigenvalue weighted by molar-refractivity contribution is -0.161. The van der Waals surface area contributed by atoms with E-state index < -0.39 is 97.5 Å². The van der Waals surface area contributed by atoms with E-state index >= 15 is 0 Å². The largest absolute Gasteiger partial charge is 0.472 e. The van der Waals surface area contributed by atoms with Gasteiger partial charge in [-0.25, -0.2) is 9.13 Å². The Hall–Kier alpha value is -1.94. The van der Waals surface area contributed by atoms with Gasteiger partial charge >= 0.3 is 39.5 Å². The minimum Gasteiger partial charge on any atom is -0.462 e. The summed E-state index contributed by atoms with van der Waals surface area (Å²) in [5, 5.41) is 10.6. The Morgan fingerprint density at radius 2 is 0.548 bits per heavy atom. The molecule has 0 aromatic rings. The molecule has 552 valence electrons. The molecule has 93 heavy (non-hydrogen) atoms. The molecule has 0 aromatic heterocycles. The average molecular weight is 1370 g/mol. The number of rotatable bonds is 72. The van der Waals surface area contributed by atoms with E-state index in [1.165, 1.54) is 186 Å². The Bertz CT molecular complexity index is 1820. The Morgan fingerprint density at radius 1 is 0.312 bits per heavy atom. The summed E-state index contributed by atoms with van der Waals surface area (Å²) in [7, 11) is -9.91. The summed E-state index contributed by atoms with van der Waals surface area (Å²) in [4.78, 5) is 72.8. The number of aliphatic hydroxyl groups is 1. The molecule has 0 aromatic carbocycles. The van der Waals surface area contributed by atoms with E-state index in [1.54, 1.807) is 0 Å². The zero-order chi connectivity index (χ0) is 68.7. The Labute approximate surface area is 568 Å². The minimum atomic E-state index is -4.96. The number of carbonyl (C=O) groups excluding carboxylic acids is 4. The van der Waals surface area contributed by atoms with Gasteiger partial charge in [0, 0.05) is 25.7 Å². The van der Waals surface area contributed by atoms with Crippen LogP contribution in [0.5, 0.6) is 0 Å². The molecule has 0 bridgehead atoms. The zero-order valence-electron chi connectivity index (χ0n) is 60.7. The van der Waals surface area contributed by atoms with Gasteiger partial charge in [-0.15, -0.1) is 0 Å². The maximum Gasteiger partial charge on any atom is 0.472 e. The lowest BCUT2D eigenvalue weighted by Crippen LogP contribution is -2.30. The molecule has 19 heteroatoms. The molecule has 0 heterocycles. The molecule has 3 unspecified atom stereocenters. The van der Waals surface area contributed by atoms with E-state index in [1.807, 2.05) is 0 Å². The second-order valence-electron chi connectivity index (χ2n) is 27.9. The van der Waals surface area contributed by atoms with Crippen LogP contribution in [0.3, 0.4) is 0 Å².